The molecule has 10 aromatic rings. The molecule has 56 heavy (non-hydrogen) atoms. The van der Waals surface area contributed by atoms with Crippen molar-refractivity contribution in [3.63, 3.8) is 0 Å². The monoisotopic (exact) mass is 718 g/mol. The first kappa shape index (κ1) is 32.0. The van der Waals surface area contributed by atoms with Gasteiger partial charge in [-0.05, 0) is 113 Å². The highest BCUT2D eigenvalue weighted by Crippen LogP contribution is 2.43. The molecule has 0 saturated heterocycles. The van der Waals surface area contributed by atoms with E-state index < -0.39 is 0 Å². The number of aromatic nitrogens is 5. The molecule has 0 saturated carbocycles. The third kappa shape index (κ3) is 5.18. The third-order valence-electron chi connectivity index (χ3n) is 11.0. The third-order valence-corrected chi connectivity index (χ3v) is 11.0. The molecule has 0 unspecified atom stereocenters. The van der Waals surface area contributed by atoms with E-state index in [-0.39, 0.29) is 0 Å². The second-order valence-corrected chi connectivity index (χ2v) is 14.2. The number of nitrogens with zero attached hydrogens (tertiary/aromatic N) is 6. The van der Waals surface area contributed by atoms with Crippen molar-refractivity contribution < 1.29 is 0 Å². The van der Waals surface area contributed by atoms with Crippen molar-refractivity contribution in [2.24, 2.45) is 4.99 Å². The molecule has 5 aromatic carbocycles. The molecule has 0 fully saturated rings. The second-order valence-electron chi connectivity index (χ2n) is 14.2. The van der Waals surface area contributed by atoms with Crippen LogP contribution in [0.2, 0.25) is 0 Å². The topological polar surface area (TPSA) is 60.9 Å². The molecule has 1 aliphatic rings. The predicted molar refractivity (Wildman–Crippen MR) is 229 cm³/mol. The van der Waals surface area contributed by atoms with Crippen molar-refractivity contribution in [2.75, 3.05) is 0 Å². The largest absolute Gasteiger partial charge is 0.311 e. The summed E-state index contributed by atoms with van der Waals surface area (Å²) in [6.07, 6.45) is 11.4. The van der Waals surface area contributed by atoms with Crippen LogP contribution in [0.15, 0.2) is 181 Å². The Morgan fingerprint density at radius 2 is 1.14 bits per heavy atom. The Morgan fingerprint density at radius 3 is 1.91 bits per heavy atom. The van der Waals surface area contributed by atoms with Crippen LogP contribution in [0.1, 0.15) is 12.1 Å². The molecule has 0 atom stereocenters. The van der Waals surface area contributed by atoms with E-state index in [9.17, 15) is 0 Å². The highest BCUT2D eigenvalue weighted by atomic mass is 15.0. The first-order valence-corrected chi connectivity index (χ1v) is 19.0. The lowest BCUT2D eigenvalue weighted by Gasteiger charge is -2.15. The fourth-order valence-electron chi connectivity index (χ4n) is 8.56. The molecule has 6 heteroatoms. The van der Waals surface area contributed by atoms with Crippen LogP contribution in [0.25, 0.3) is 88.9 Å². The first-order valence-electron chi connectivity index (χ1n) is 19.0. The molecular weight excluding hydrogens is 685 g/mol. The zero-order valence-electron chi connectivity index (χ0n) is 30.4. The van der Waals surface area contributed by atoms with Gasteiger partial charge in [-0.25, -0.2) is 0 Å². The molecule has 1 aliphatic heterocycles. The van der Waals surface area contributed by atoms with Crippen molar-refractivity contribution in [3.05, 3.63) is 182 Å². The summed E-state index contributed by atoms with van der Waals surface area (Å²) >= 11 is 0. The van der Waals surface area contributed by atoms with Crippen LogP contribution in [-0.4, -0.2) is 30.3 Å². The molecule has 6 heterocycles. The number of aliphatic imine (C=N–C) groups is 1. The highest BCUT2D eigenvalue weighted by molar-refractivity contribution is 6.09. The molecule has 6 nitrogen and oxygen atoms in total. The lowest BCUT2D eigenvalue weighted by atomic mass is 9.94. The van der Waals surface area contributed by atoms with Gasteiger partial charge < -0.3 is 9.13 Å². The van der Waals surface area contributed by atoms with Gasteiger partial charge in [-0.1, -0.05) is 78.9 Å². The first-order chi connectivity index (χ1) is 27.8. The average molecular weight is 719 g/mol. The maximum atomic E-state index is 5.02. The molecule has 0 bridgehead atoms. The predicted octanol–water partition coefficient (Wildman–Crippen LogP) is 12.2. The molecule has 0 amide bonds. The lowest BCUT2D eigenvalue weighted by Crippen LogP contribution is -2.04. The van der Waals surface area contributed by atoms with Crippen molar-refractivity contribution in [2.45, 2.75) is 12.8 Å². The fourth-order valence-corrected chi connectivity index (χ4v) is 8.56. The standard InChI is InChI=1S/C50H34N6/c1-2-16-40(35-11-8-25-51-32-35)38(14-1)33-21-23-45-42(29-33)49-47(19-9-27-53-49)55(45)36-12-7-13-37(31-36)56-46-24-22-34(30-43(46)50-48(56)20-10-28-54-50)39-15-3-4-17-41(39)44-18-5-6-26-52-44/h1-8,10-18,20-32H,9,19H2. The maximum absolute atomic E-state index is 5.02. The van der Waals surface area contributed by atoms with Crippen molar-refractivity contribution in [1.82, 2.24) is 24.1 Å². The molecule has 5 aromatic heterocycles. The summed E-state index contributed by atoms with van der Waals surface area (Å²) in [6.45, 7) is 0. The quantitative estimate of drug-likeness (QED) is 0.172. The maximum Gasteiger partial charge on any atom is 0.0963 e. The number of hydrogen-bond acceptors (Lipinski definition) is 4. The SMILES string of the molecule is C1=Nc2c(n(-c3cccc(-n4c5ccc(-c6ccccc6-c6ccccn6)cc5c5ncccc54)c3)c3ccc(-c4ccccc4-c4cccnc4)cc23)CC1. The number of hydrogen-bond donors (Lipinski definition) is 0. The Labute approximate surface area is 323 Å². The van der Waals surface area contributed by atoms with Crippen LogP contribution in [-0.2, 0) is 6.42 Å². The minimum absolute atomic E-state index is 0.907. The summed E-state index contributed by atoms with van der Waals surface area (Å²) in [6, 6.07) is 53.9. The molecule has 264 valence electrons. The molecule has 0 spiro atoms. The highest BCUT2D eigenvalue weighted by Gasteiger charge is 2.22. The second kappa shape index (κ2) is 13.1. The number of pyridine rings is 3. The Balaban J connectivity index is 1.06. The van der Waals surface area contributed by atoms with Gasteiger partial charge in [0.15, 0.2) is 0 Å². The van der Waals surface area contributed by atoms with Crippen LogP contribution in [0.5, 0.6) is 0 Å². The Kier molecular flexibility index (Phi) is 7.52. The van der Waals surface area contributed by atoms with Gasteiger partial charge in [0.1, 0.15) is 0 Å². The van der Waals surface area contributed by atoms with Gasteiger partial charge in [-0.2, -0.15) is 0 Å². The molecule has 0 N–H and O–H groups in total. The van der Waals surface area contributed by atoms with Gasteiger partial charge in [-0.3, -0.25) is 19.9 Å². The van der Waals surface area contributed by atoms with E-state index >= 15 is 0 Å². The van der Waals surface area contributed by atoms with E-state index in [4.69, 9.17) is 9.98 Å². The summed E-state index contributed by atoms with van der Waals surface area (Å²) in [5.74, 6) is 0. The van der Waals surface area contributed by atoms with E-state index in [1.165, 1.54) is 11.3 Å². The molecular formula is C50H34N6. The normalized spacial score (nSPS) is 12.4. The fraction of sp³-hybridized carbons (Fsp3) is 0.0400. The minimum Gasteiger partial charge on any atom is -0.311 e. The van der Waals surface area contributed by atoms with Crippen molar-refractivity contribution in [1.29, 1.82) is 0 Å². The number of benzene rings is 5. The van der Waals surface area contributed by atoms with E-state index in [1.807, 2.05) is 49.1 Å². The van der Waals surface area contributed by atoms with Gasteiger partial charge in [0, 0.05) is 70.0 Å². The minimum atomic E-state index is 0.907. The molecule has 0 radical (unpaired) electrons. The number of rotatable bonds is 6. The summed E-state index contributed by atoms with van der Waals surface area (Å²) in [7, 11) is 0. The van der Waals surface area contributed by atoms with E-state index in [0.29, 0.717) is 0 Å². The summed E-state index contributed by atoms with van der Waals surface area (Å²) in [5.41, 5.74) is 17.7. The van der Waals surface area contributed by atoms with Crippen molar-refractivity contribution in [3.8, 4) is 56.0 Å². The Hall–Kier alpha value is -7.44. The van der Waals surface area contributed by atoms with E-state index in [2.05, 4.69) is 153 Å². The van der Waals surface area contributed by atoms with Crippen molar-refractivity contribution >= 4 is 44.7 Å². The van der Waals surface area contributed by atoms with Crippen LogP contribution in [0.4, 0.5) is 5.69 Å². The van der Waals surface area contributed by atoms with E-state index in [1.54, 1.807) is 0 Å². The summed E-state index contributed by atoms with van der Waals surface area (Å²) in [5, 5.41) is 2.26. The van der Waals surface area contributed by atoms with Crippen LogP contribution >= 0.6 is 0 Å². The molecule has 11 rings (SSSR count). The van der Waals surface area contributed by atoms with Gasteiger partial charge >= 0.3 is 0 Å². The van der Waals surface area contributed by atoms with Crippen LogP contribution in [0.3, 0.4) is 0 Å². The summed E-state index contributed by atoms with van der Waals surface area (Å²) < 4.78 is 4.76. The van der Waals surface area contributed by atoms with E-state index in [0.717, 1.165) is 102 Å². The summed E-state index contributed by atoms with van der Waals surface area (Å²) in [4.78, 5) is 19.0. The van der Waals surface area contributed by atoms with Gasteiger partial charge in [-0.15, -0.1) is 0 Å². The zero-order chi connectivity index (χ0) is 37.0. The van der Waals surface area contributed by atoms with Crippen LogP contribution in [0, 0.1) is 0 Å². The molecule has 0 aliphatic carbocycles. The lowest BCUT2D eigenvalue weighted by molar-refractivity contribution is 0.911. The van der Waals surface area contributed by atoms with Gasteiger partial charge in [0.05, 0.1) is 33.4 Å². The zero-order valence-corrected chi connectivity index (χ0v) is 30.4. The van der Waals surface area contributed by atoms with Crippen LogP contribution < -0.4 is 0 Å². The van der Waals surface area contributed by atoms with Gasteiger partial charge in [0.2, 0.25) is 0 Å². The smallest absolute Gasteiger partial charge is 0.0963 e. The van der Waals surface area contributed by atoms with Gasteiger partial charge in [0.25, 0.3) is 0 Å². The average Bonchev–Trinajstić information content (AvgIpc) is 3.79. The Morgan fingerprint density at radius 1 is 0.464 bits per heavy atom. The Bertz CT molecular complexity index is 3140. The number of fused-ring (bicyclic) bond motifs is 6.